The molecule has 0 unspecified atom stereocenters. The Kier molecular flexibility index (Phi) is 3.64. The zero-order chi connectivity index (χ0) is 13.4. The van der Waals surface area contributed by atoms with Crippen LogP contribution >= 0.6 is 27.5 Å². The van der Waals surface area contributed by atoms with Crippen LogP contribution in [0.1, 0.15) is 12.0 Å². The predicted molar refractivity (Wildman–Crippen MR) is 71.8 cm³/mol. The third kappa shape index (κ3) is 2.67. The monoisotopic (exact) mass is 331 g/mol. The lowest BCUT2D eigenvalue weighted by Crippen LogP contribution is -2.17. The van der Waals surface area contributed by atoms with Crippen LogP contribution in [0.15, 0.2) is 16.6 Å². The Morgan fingerprint density at radius 2 is 2.11 bits per heavy atom. The summed E-state index contributed by atoms with van der Waals surface area (Å²) in [4.78, 5) is 22.5. The maximum Gasteiger partial charge on any atom is 0.307 e. The smallest absolute Gasteiger partial charge is 0.307 e. The fourth-order valence-corrected chi connectivity index (χ4v) is 2.45. The molecule has 0 spiro atoms. The van der Waals surface area contributed by atoms with Gasteiger partial charge in [-0.2, -0.15) is 0 Å². The first-order chi connectivity index (χ1) is 8.40. The summed E-state index contributed by atoms with van der Waals surface area (Å²) < 4.78 is 0.727. The van der Waals surface area contributed by atoms with Gasteiger partial charge in [0.1, 0.15) is 0 Å². The first kappa shape index (κ1) is 13.4. The highest BCUT2D eigenvalue weighted by molar-refractivity contribution is 9.10. The SMILES string of the molecule is Cc1cc(Br)c(NC(=O)[C@@H]2C[C@@H]2C(=O)O)cc1Cl. The van der Waals surface area contributed by atoms with Gasteiger partial charge >= 0.3 is 5.97 Å². The number of carbonyl (C=O) groups excluding carboxylic acids is 1. The summed E-state index contributed by atoms with van der Waals surface area (Å²) in [5.41, 5.74) is 1.46. The first-order valence-electron chi connectivity index (χ1n) is 5.39. The van der Waals surface area contributed by atoms with Crippen molar-refractivity contribution in [2.75, 3.05) is 5.32 Å². The van der Waals surface area contributed by atoms with E-state index in [-0.39, 0.29) is 5.91 Å². The maximum absolute atomic E-state index is 11.8. The van der Waals surface area contributed by atoms with Crippen molar-refractivity contribution in [2.45, 2.75) is 13.3 Å². The lowest BCUT2D eigenvalue weighted by molar-refractivity contribution is -0.139. The zero-order valence-electron chi connectivity index (χ0n) is 9.54. The van der Waals surface area contributed by atoms with Crippen molar-refractivity contribution in [2.24, 2.45) is 11.8 Å². The second-order valence-electron chi connectivity index (χ2n) is 4.36. The van der Waals surface area contributed by atoms with Crippen LogP contribution in [0.3, 0.4) is 0 Å². The molecule has 96 valence electrons. The first-order valence-corrected chi connectivity index (χ1v) is 6.56. The third-order valence-corrected chi connectivity index (χ3v) is 4.01. The van der Waals surface area contributed by atoms with Gasteiger partial charge in [0.25, 0.3) is 0 Å². The second kappa shape index (κ2) is 4.90. The number of benzene rings is 1. The number of aryl methyl sites for hydroxylation is 1. The van der Waals surface area contributed by atoms with E-state index < -0.39 is 17.8 Å². The topological polar surface area (TPSA) is 66.4 Å². The Bertz CT molecular complexity index is 532. The van der Waals surface area contributed by atoms with Crippen molar-refractivity contribution in [1.29, 1.82) is 0 Å². The van der Waals surface area contributed by atoms with Crippen LogP contribution in [0.25, 0.3) is 0 Å². The molecule has 6 heteroatoms. The van der Waals surface area contributed by atoms with Gasteiger partial charge in [0, 0.05) is 9.50 Å². The van der Waals surface area contributed by atoms with Crippen LogP contribution in [-0.2, 0) is 9.59 Å². The summed E-state index contributed by atoms with van der Waals surface area (Å²) >= 11 is 9.31. The Labute approximate surface area is 117 Å². The Balaban J connectivity index is 2.09. The molecule has 1 saturated carbocycles. The number of anilines is 1. The van der Waals surface area contributed by atoms with Crippen LogP contribution in [0.5, 0.6) is 0 Å². The molecule has 0 aromatic heterocycles. The van der Waals surface area contributed by atoms with E-state index in [0.29, 0.717) is 17.1 Å². The molecule has 0 radical (unpaired) electrons. The molecular formula is C12H11BrClNO3. The van der Waals surface area contributed by atoms with Crippen molar-refractivity contribution in [1.82, 2.24) is 0 Å². The number of carboxylic acids is 1. The summed E-state index contributed by atoms with van der Waals surface area (Å²) in [7, 11) is 0. The number of rotatable bonds is 3. The fraction of sp³-hybridized carbons (Fsp3) is 0.333. The van der Waals surface area contributed by atoms with Crippen LogP contribution in [0.2, 0.25) is 5.02 Å². The number of hydrogen-bond acceptors (Lipinski definition) is 2. The molecule has 4 nitrogen and oxygen atoms in total. The van der Waals surface area contributed by atoms with Crippen molar-refractivity contribution in [3.05, 3.63) is 27.2 Å². The van der Waals surface area contributed by atoms with E-state index in [1.807, 2.05) is 6.92 Å². The van der Waals surface area contributed by atoms with E-state index in [4.69, 9.17) is 16.7 Å². The van der Waals surface area contributed by atoms with Gasteiger partial charge < -0.3 is 10.4 Å². The van der Waals surface area contributed by atoms with Gasteiger partial charge in [-0.15, -0.1) is 0 Å². The van der Waals surface area contributed by atoms with Crippen LogP contribution in [0, 0.1) is 18.8 Å². The molecule has 1 aliphatic rings. The average molecular weight is 333 g/mol. The lowest BCUT2D eigenvalue weighted by Gasteiger charge is -2.09. The number of amides is 1. The summed E-state index contributed by atoms with van der Waals surface area (Å²) in [5.74, 6) is -2.18. The van der Waals surface area contributed by atoms with Gasteiger partial charge in [-0.1, -0.05) is 11.6 Å². The number of halogens is 2. The lowest BCUT2D eigenvalue weighted by atomic mass is 10.2. The molecule has 18 heavy (non-hydrogen) atoms. The summed E-state index contributed by atoms with van der Waals surface area (Å²) in [5, 5.41) is 12.0. The van der Waals surface area contributed by atoms with Gasteiger partial charge in [0.2, 0.25) is 5.91 Å². The molecule has 2 atom stereocenters. The summed E-state index contributed by atoms with van der Waals surface area (Å²) in [6.07, 6.45) is 0.401. The van der Waals surface area contributed by atoms with Gasteiger partial charge in [0.05, 0.1) is 17.5 Å². The number of aliphatic carboxylic acids is 1. The van der Waals surface area contributed by atoms with Crippen LogP contribution in [0.4, 0.5) is 5.69 Å². The van der Waals surface area contributed by atoms with Gasteiger partial charge in [-0.05, 0) is 47.0 Å². The van der Waals surface area contributed by atoms with E-state index in [9.17, 15) is 9.59 Å². The predicted octanol–water partition coefficient (Wildman–Crippen LogP) is 3.07. The van der Waals surface area contributed by atoms with Gasteiger partial charge in [-0.25, -0.2) is 0 Å². The maximum atomic E-state index is 11.8. The van der Waals surface area contributed by atoms with Crippen molar-refractivity contribution in [3.63, 3.8) is 0 Å². The Morgan fingerprint density at radius 3 is 2.67 bits per heavy atom. The van der Waals surface area contributed by atoms with E-state index >= 15 is 0 Å². The molecule has 1 fully saturated rings. The second-order valence-corrected chi connectivity index (χ2v) is 5.62. The van der Waals surface area contributed by atoms with Crippen LogP contribution in [-0.4, -0.2) is 17.0 Å². The molecule has 0 bridgehead atoms. The minimum absolute atomic E-state index is 0.275. The van der Waals surface area contributed by atoms with E-state index in [2.05, 4.69) is 21.2 Å². The molecule has 0 heterocycles. The molecular weight excluding hydrogens is 321 g/mol. The third-order valence-electron chi connectivity index (χ3n) is 2.95. The molecule has 1 aromatic carbocycles. The quantitative estimate of drug-likeness (QED) is 0.894. The zero-order valence-corrected chi connectivity index (χ0v) is 11.9. The highest BCUT2D eigenvalue weighted by atomic mass is 79.9. The van der Waals surface area contributed by atoms with E-state index in [0.717, 1.165) is 10.0 Å². The van der Waals surface area contributed by atoms with Crippen molar-refractivity contribution in [3.8, 4) is 0 Å². The largest absolute Gasteiger partial charge is 0.481 e. The molecule has 2 N–H and O–H groups in total. The Morgan fingerprint density at radius 1 is 1.44 bits per heavy atom. The Hall–Kier alpha value is -1.07. The number of carboxylic acid groups (broad SMARTS) is 1. The summed E-state index contributed by atoms with van der Waals surface area (Å²) in [6, 6.07) is 3.45. The van der Waals surface area contributed by atoms with Gasteiger partial charge in [-0.3, -0.25) is 9.59 Å². The number of hydrogen-bond donors (Lipinski definition) is 2. The highest BCUT2D eigenvalue weighted by Gasteiger charge is 2.48. The molecule has 1 aliphatic carbocycles. The molecule has 0 saturated heterocycles. The highest BCUT2D eigenvalue weighted by Crippen LogP contribution is 2.40. The van der Waals surface area contributed by atoms with Crippen LogP contribution < -0.4 is 5.32 Å². The van der Waals surface area contributed by atoms with Crippen molar-refractivity contribution >= 4 is 45.1 Å². The minimum Gasteiger partial charge on any atom is -0.481 e. The van der Waals surface area contributed by atoms with E-state index in [1.165, 1.54) is 0 Å². The van der Waals surface area contributed by atoms with Gasteiger partial charge in [0.15, 0.2) is 0 Å². The number of carbonyl (C=O) groups is 2. The minimum atomic E-state index is -0.920. The average Bonchev–Trinajstić information content (AvgIpc) is 3.05. The van der Waals surface area contributed by atoms with Crippen molar-refractivity contribution < 1.29 is 14.7 Å². The number of nitrogens with one attached hydrogen (secondary N) is 1. The normalized spacial score (nSPS) is 21.5. The van der Waals surface area contributed by atoms with E-state index in [1.54, 1.807) is 12.1 Å². The molecule has 1 aromatic rings. The standard InChI is InChI=1S/C12H11BrClNO3/c1-5-2-8(13)10(4-9(5)14)15-11(16)6-3-7(6)12(17)18/h2,4,6-7H,3H2,1H3,(H,15,16)(H,17,18)/t6-,7+/m1/s1. The summed E-state index contributed by atoms with van der Waals surface area (Å²) in [6.45, 7) is 1.86. The fourth-order valence-electron chi connectivity index (χ4n) is 1.73. The molecule has 2 rings (SSSR count). The molecule has 1 amide bonds. The molecule has 0 aliphatic heterocycles.